The molecule has 1 aliphatic rings. The zero-order chi connectivity index (χ0) is 17.1. The number of hydrogen-bond acceptors (Lipinski definition) is 8. The van der Waals surface area contributed by atoms with Gasteiger partial charge in [0, 0.05) is 6.42 Å². The summed E-state index contributed by atoms with van der Waals surface area (Å²) in [5.74, 6) is 0. The molecule has 6 atom stereocenters. The Balaban J connectivity index is 0. The third kappa shape index (κ3) is 4.90. The Bertz CT molecular complexity index is 644. The van der Waals surface area contributed by atoms with Crippen LogP contribution in [0.5, 0.6) is 0 Å². The Morgan fingerprint density at radius 3 is 1.74 bits per heavy atom. The minimum absolute atomic E-state index is 0. The second-order valence-corrected chi connectivity index (χ2v) is 13.6. The number of rotatable bonds is 3. The second kappa shape index (κ2) is 8.71. The molecule has 1 saturated heterocycles. The summed E-state index contributed by atoms with van der Waals surface area (Å²) in [6, 6.07) is 0. The maximum atomic E-state index is 11.9. The summed E-state index contributed by atoms with van der Waals surface area (Å²) in [7, 11) is -21.7. The number of nitrogens with one attached hydrogen (secondary N) is 1. The quantitative estimate of drug-likeness (QED) is 0.194. The average molecular weight is 465 g/mol. The van der Waals surface area contributed by atoms with Crippen LogP contribution in [0, 0.1) is 0 Å². The zero-order valence-corrected chi connectivity index (χ0v) is 22.5. The van der Waals surface area contributed by atoms with E-state index in [0.717, 1.165) is 7.05 Å². The first-order valence-corrected chi connectivity index (χ1v) is 11.4. The van der Waals surface area contributed by atoms with Gasteiger partial charge in [-0.05, 0) is 14.0 Å². The summed E-state index contributed by atoms with van der Waals surface area (Å²) in [6.45, 7) is 0.461. The van der Waals surface area contributed by atoms with Crippen LogP contribution in [0.15, 0.2) is 0 Å². The molecule has 0 aromatic rings. The molecular formula is C5H13K2NO11P4. The molecule has 0 amide bonds. The third-order valence-corrected chi connectivity index (χ3v) is 13.5. The van der Waals surface area contributed by atoms with Gasteiger partial charge >= 0.3 is 118 Å². The van der Waals surface area contributed by atoms with E-state index in [0.29, 0.717) is 6.92 Å². The first kappa shape index (κ1) is 29.1. The topological polar surface area (TPSA) is 217 Å². The van der Waals surface area contributed by atoms with Gasteiger partial charge in [-0.2, -0.15) is 0 Å². The molecule has 0 aliphatic carbocycles. The Hall–Kier alpha value is 3.87. The summed E-state index contributed by atoms with van der Waals surface area (Å²) in [6.07, 6.45) is -1.58. The number of hydrogen-bond donors (Lipinski definition) is 5. The van der Waals surface area contributed by atoms with Crippen molar-refractivity contribution in [1.29, 1.82) is 0 Å². The Morgan fingerprint density at radius 2 is 1.48 bits per heavy atom. The van der Waals surface area contributed by atoms with Crippen LogP contribution in [-0.2, 0) is 22.6 Å². The van der Waals surface area contributed by atoms with E-state index in [1.54, 1.807) is 5.32 Å². The first-order valence-electron chi connectivity index (χ1n) is 5.11. The van der Waals surface area contributed by atoms with Crippen LogP contribution in [-0.4, -0.2) is 36.5 Å². The van der Waals surface area contributed by atoms with Gasteiger partial charge in [-0.15, -0.1) is 0 Å². The van der Waals surface area contributed by atoms with Crippen LogP contribution in [0.25, 0.3) is 0 Å². The molecule has 1 aliphatic heterocycles. The van der Waals surface area contributed by atoms with Gasteiger partial charge in [-0.3, -0.25) is 14.4 Å². The van der Waals surface area contributed by atoms with Crippen molar-refractivity contribution in [2.24, 2.45) is 0 Å². The minimum Gasteiger partial charge on any atom is -0.778 e. The molecule has 6 unspecified atom stereocenters. The molecule has 0 radical (unpaired) electrons. The Kier molecular flexibility index (Phi) is 11.0. The van der Waals surface area contributed by atoms with Gasteiger partial charge in [0.1, 0.15) is 12.5 Å². The van der Waals surface area contributed by atoms with Crippen molar-refractivity contribution in [3.63, 3.8) is 0 Å². The van der Waals surface area contributed by atoms with Crippen LogP contribution >= 0.6 is 30.4 Å². The van der Waals surface area contributed by atoms with Gasteiger partial charge in [-0.1, -0.05) is 0 Å². The molecule has 0 spiro atoms. The Morgan fingerprint density at radius 1 is 1.09 bits per heavy atom. The molecule has 0 aromatic carbocycles. The van der Waals surface area contributed by atoms with E-state index in [1.807, 2.05) is 0 Å². The fourth-order valence-electron chi connectivity index (χ4n) is 1.86. The van der Waals surface area contributed by atoms with Crippen LogP contribution in [0.1, 0.15) is 13.3 Å². The van der Waals surface area contributed by atoms with Crippen molar-refractivity contribution in [2.45, 2.75) is 23.3 Å². The van der Waals surface area contributed by atoms with Gasteiger partial charge < -0.3 is 38.5 Å². The molecule has 23 heavy (non-hydrogen) atoms. The molecule has 0 saturated carbocycles. The fraction of sp³-hybridized carbons (Fsp3) is 1.00. The maximum Gasteiger partial charge on any atom is 1.00 e. The van der Waals surface area contributed by atoms with Crippen LogP contribution in [0.4, 0.5) is 0 Å². The van der Waals surface area contributed by atoms with Crippen LogP contribution < -0.4 is 118 Å². The van der Waals surface area contributed by atoms with Gasteiger partial charge in [0.05, 0.1) is 0 Å². The van der Waals surface area contributed by atoms with Crippen LogP contribution in [0.3, 0.4) is 0 Å². The first-order chi connectivity index (χ1) is 8.97. The molecule has 1 fully saturated rings. The largest absolute Gasteiger partial charge is 1.00 e. The van der Waals surface area contributed by atoms with E-state index in [4.69, 9.17) is 4.89 Å². The minimum atomic E-state index is -5.80. The van der Waals surface area contributed by atoms with E-state index < -0.39 is 46.7 Å². The average Bonchev–Trinajstić information content (AvgIpc) is 2.18. The fourth-order valence-corrected chi connectivity index (χ4v) is 10.5. The smallest absolute Gasteiger partial charge is 0.778 e. The monoisotopic (exact) mass is 465 g/mol. The van der Waals surface area contributed by atoms with Crippen molar-refractivity contribution >= 4 is 30.4 Å². The van der Waals surface area contributed by atoms with Crippen molar-refractivity contribution in [2.75, 3.05) is 7.05 Å². The maximum absolute atomic E-state index is 11.9. The summed E-state index contributed by atoms with van der Waals surface area (Å²) in [5, 5.41) is -1.52. The summed E-state index contributed by atoms with van der Waals surface area (Å²) >= 11 is 0. The molecule has 18 heteroatoms. The van der Waals surface area contributed by atoms with Crippen molar-refractivity contribution < 1.29 is 155 Å². The summed E-state index contributed by atoms with van der Waals surface area (Å²) < 4.78 is 50.5. The van der Waals surface area contributed by atoms with Gasteiger partial charge in [-0.25, -0.2) is 4.31 Å². The molecule has 1 rings (SSSR count). The van der Waals surface area contributed by atoms with Crippen LogP contribution in [0.2, 0.25) is 0 Å². The van der Waals surface area contributed by atoms with Crippen molar-refractivity contribution in [3.8, 4) is 0 Å². The predicted molar refractivity (Wildman–Crippen MR) is 65.2 cm³/mol. The van der Waals surface area contributed by atoms with Gasteiger partial charge in [0.15, 0.2) is 12.6 Å². The molecule has 12 nitrogen and oxygen atoms in total. The van der Waals surface area contributed by atoms with Crippen molar-refractivity contribution in [1.82, 2.24) is 5.32 Å². The van der Waals surface area contributed by atoms with Crippen molar-refractivity contribution in [3.05, 3.63) is 0 Å². The molecule has 126 valence electrons. The Labute approximate surface area is 216 Å². The second-order valence-electron chi connectivity index (χ2n) is 4.62. The standard InChI is InChI=1S/C5H15NO11P4.2K/c1-4(18(7,8)9)3-5(6-2,19(10,11)12)21(15,16)17-20(4,13)14;;/h6H,3H2,1-2H3,(H,13,14)(H,15,16)(H2,7,8,9)(H2,10,11,12);;/q;2*+1/p-2. The summed E-state index contributed by atoms with van der Waals surface area (Å²) in [5.41, 5.74) is 0. The SMILES string of the molecule is CNC1(P(=O)([O-])O)CC(C)(P(=O)([O-])O)P(=O)(O)OP1(=O)O.[K+].[K+]. The molecule has 1 heterocycles. The third-order valence-electron chi connectivity index (χ3n) is 3.36. The van der Waals surface area contributed by atoms with E-state index in [-0.39, 0.29) is 103 Å². The molecule has 5 N–H and O–H groups in total. The van der Waals surface area contributed by atoms with Gasteiger partial charge in [0.2, 0.25) is 0 Å². The molecule has 0 bridgehead atoms. The molecule has 0 aromatic heterocycles. The normalized spacial score (nSPS) is 45.7. The molecular weight excluding hydrogens is 452 g/mol. The summed E-state index contributed by atoms with van der Waals surface area (Å²) in [4.78, 5) is 57.1. The van der Waals surface area contributed by atoms with E-state index in [2.05, 4.69) is 4.31 Å². The van der Waals surface area contributed by atoms with E-state index >= 15 is 0 Å². The van der Waals surface area contributed by atoms with Gasteiger partial charge in [0.25, 0.3) is 0 Å². The van der Waals surface area contributed by atoms with E-state index in [1.165, 1.54) is 0 Å². The predicted octanol–water partition coefficient (Wildman–Crippen LogP) is -7.53. The zero-order valence-electron chi connectivity index (χ0n) is 12.6. The van der Waals surface area contributed by atoms with E-state index in [9.17, 15) is 42.7 Å².